The van der Waals surface area contributed by atoms with Gasteiger partial charge in [0.2, 0.25) is 0 Å². The van der Waals surface area contributed by atoms with Crippen LogP contribution in [-0.4, -0.2) is 17.8 Å². The molecule has 0 amide bonds. The van der Waals surface area contributed by atoms with Gasteiger partial charge in [-0.3, -0.25) is 0 Å². The minimum atomic E-state index is -0.0231. The molecule has 0 saturated carbocycles. The number of hydrogen-bond donors (Lipinski definition) is 1. The molecule has 0 saturated heterocycles. The zero-order valence-corrected chi connectivity index (χ0v) is 4.42. The lowest BCUT2D eigenvalue weighted by Crippen LogP contribution is -2.04. The molecule has 1 unspecified atom stereocenters. The van der Waals surface area contributed by atoms with Crippen molar-refractivity contribution in [2.24, 2.45) is 0 Å². The van der Waals surface area contributed by atoms with Gasteiger partial charge in [-0.25, -0.2) is 0 Å². The van der Waals surface area contributed by atoms with Crippen molar-refractivity contribution in [3.8, 4) is 0 Å². The predicted octanol–water partition coefficient (Wildman–Crippen LogP) is 0.442. The summed E-state index contributed by atoms with van der Waals surface area (Å²) < 4.78 is 4.33. The van der Waals surface area contributed by atoms with E-state index in [2.05, 4.69) is 4.74 Å². The average Bonchev–Trinajstić information content (AvgIpc) is 1.68. The smallest absolute Gasteiger partial charge is 0.115 e. The van der Waals surface area contributed by atoms with Crippen LogP contribution in [0.25, 0.3) is 0 Å². The van der Waals surface area contributed by atoms with Crippen LogP contribution in [0.4, 0.5) is 0 Å². The monoisotopic (exact) mass is 102 g/mol. The molecule has 0 aliphatic heterocycles. The van der Waals surface area contributed by atoms with Gasteiger partial charge in [0.15, 0.2) is 0 Å². The molecule has 1 N–H and O–H groups in total. The Labute approximate surface area is 44.1 Å². The van der Waals surface area contributed by atoms with Crippen LogP contribution >= 0.6 is 0 Å². The molecule has 0 rings (SSSR count). The summed E-state index contributed by atoms with van der Waals surface area (Å²) in [6.45, 7) is 1.94. The van der Waals surface area contributed by atoms with Gasteiger partial charge < -0.3 is 9.84 Å². The molecule has 0 spiro atoms. The lowest BCUT2D eigenvalue weighted by atomic mass is 10.3. The molecule has 0 aliphatic rings. The zero-order chi connectivity index (χ0) is 5.70. The fraction of sp³-hybridized carbons (Fsp3) is 0.800. The van der Waals surface area contributed by atoms with E-state index < -0.39 is 0 Å². The highest BCUT2D eigenvalue weighted by molar-refractivity contribution is 4.45. The van der Waals surface area contributed by atoms with E-state index in [0.717, 1.165) is 0 Å². The lowest BCUT2D eigenvalue weighted by Gasteiger charge is -2.03. The normalized spacial score (nSPS) is 14.1. The van der Waals surface area contributed by atoms with Crippen molar-refractivity contribution < 1.29 is 9.84 Å². The molecular formula is C5H10O2. The third-order valence-corrected chi connectivity index (χ3v) is 0.768. The molecule has 0 aromatic carbocycles. The maximum absolute atomic E-state index is 8.23. The van der Waals surface area contributed by atoms with Crippen molar-refractivity contribution in [2.75, 3.05) is 6.61 Å². The first-order valence-electron chi connectivity index (χ1n) is 2.27. The third-order valence-electron chi connectivity index (χ3n) is 0.768. The summed E-state index contributed by atoms with van der Waals surface area (Å²) >= 11 is 0. The molecular weight excluding hydrogens is 92.1 g/mol. The Morgan fingerprint density at radius 1 is 1.86 bits per heavy atom. The highest BCUT2D eigenvalue weighted by Gasteiger charge is 1.94. The fourth-order valence-electron chi connectivity index (χ4n) is 0.250. The Balaban J connectivity index is 2.83. The van der Waals surface area contributed by atoms with Crippen LogP contribution in [0.5, 0.6) is 0 Å². The van der Waals surface area contributed by atoms with E-state index >= 15 is 0 Å². The Hall–Kier alpha value is -0.0800. The average molecular weight is 102 g/mol. The molecule has 0 fully saturated rings. The topological polar surface area (TPSA) is 29.5 Å². The third kappa shape index (κ3) is 3.76. The SMILES string of the molecule is [CH]OC(C)CCO. The Morgan fingerprint density at radius 2 is 2.43 bits per heavy atom. The van der Waals surface area contributed by atoms with Crippen LogP contribution < -0.4 is 0 Å². The quantitative estimate of drug-likeness (QED) is 0.560. The number of aliphatic hydroxyl groups is 1. The summed E-state index contributed by atoms with van der Waals surface area (Å²) in [5, 5.41) is 8.23. The molecule has 2 radical (unpaired) electrons. The fourth-order valence-corrected chi connectivity index (χ4v) is 0.250. The van der Waals surface area contributed by atoms with Crippen LogP contribution in [0.3, 0.4) is 0 Å². The standard InChI is InChI=1S/C5H10O2/c1-5(7-2)3-4-6/h2,5-6H,3-4H2,1H3. The van der Waals surface area contributed by atoms with Crippen molar-refractivity contribution >= 4 is 0 Å². The number of rotatable bonds is 3. The summed E-state index contributed by atoms with van der Waals surface area (Å²) in [5.74, 6) is 0. The van der Waals surface area contributed by atoms with Gasteiger partial charge >= 0.3 is 0 Å². The van der Waals surface area contributed by atoms with Gasteiger partial charge in [0, 0.05) is 6.61 Å². The van der Waals surface area contributed by atoms with Gasteiger partial charge in [-0.15, -0.1) is 0 Å². The van der Waals surface area contributed by atoms with Gasteiger partial charge in [0.1, 0.15) is 7.11 Å². The zero-order valence-electron chi connectivity index (χ0n) is 4.42. The lowest BCUT2D eigenvalue weighted by molar-refractivity contribution is 0.121. The van der Waals surface area contributed by atoms with Crippen LogP contribution in [0.2, 0.25) is 0 Å². The number of hydrogen-bond acceptors (Lipinski definition) is 2. The second-order valence-corrected chi connectivity index (χ2v) is 1.46. The van der Waals surface area contributed by atoms with E-state index in [1.165, 1.54) is 0 Å². The van der Waals surface area contributed by atoms with Crippen LogP contribution in [0, 0.1) is 7.11 Å². The van der Waals surface area contributed by atoms with Crippen molar-refractivity contribution in [2.45, 2.75) is 19.4 Å². The molecule has 2 nitrogen and oxygen atoms in total. The van der Waals surface area contributed by atoms with Crippen molar-refractivity contribution in [1.29, 1.82) is 0 Å². The summed E-state index contributed by atoms with van der Waals surface area (Å²) in [5.41, 5.74) is 0. The minimum Gasteiger partial charge on any atom is -0.396 e. The summed E-state index contributed by atoms with van der Waals surface area (Å²) in [7, 11) is 4.75. The van der Waals surface area contributed by atoms with Gasteiger partial charge in [-0.1, -0.05) is 0 Å². The Kier molecular flexibility index (Phi) is 4.04. The molecule has 0 aliphatic carbocycles. The Morgan fingerprint density at radius 3 is 2.57 bits per heavy atom. The number of ether oxygens (including phenoxy) is 1. The first-order chi connectivity index (χ1) is 3.31. The highest BCUT2D eigenvalue weighted by Crippen LogP contribution is 1.92. The maximum atomic E-state index is 8.23. The van der Waals surface area contributed by atoms with Crippen molar-refractivity contribution in [3.05, 3.63) is 7.11 Å². The van der Waals surface area contributed by atoms with E-state index in [1.807, 2.05) is 0 Å². The van der Waals surface area contributed by atoms with E-state index in [4.69, 9.17) is 12.2 Å². The molecule has 2 heteroatoms. The molecule has 1 atom stereocenters. The van der Waals surface area contributed by atoms with Crippen LogP contribution in [0.1, 0.15) is 13.3 Å². The van der Waals surface area contributed by atoms with Gasteiger partial charge in [-0.2, -0.15) is 0 Å². The molecule has 42 valence electrons. The number of aliphatic hydroxyl groups excluding tert-OH is 1. The largest absolute Gasteiger partial charge is 0.396 e. The molecule has 0 heterocycles. The Bertz CT molecular complexity index is 37.1. The van der Waals surface area contributed by atoms with E-state index in [0.29, 0.717) is 6.42 Å². The first-order valence-corrected chi connectivity index (χ1v) is 2.27. The van der Waals surface area contributed by atoms with Crippen molar-refractivity contribution in [1.82, 2.24) is 0 Å². The first kappa shape index (κ1) is 6.92. The molecule has 0 aromatic rings. The van der Waals surface area contributed by atoms with Gasteiger partial charge in [0.05, 0.1) is 6.10 Å². The van der Waals surface area contributed by atoms with E-state index in [9.17, 15) is 0 Å². The van der Waals surface area contributed by atoms with E-state index in [1.54, 1.807) is 6.92 Å². The molecule has 0 bridgehead atoms. The van der Waals surface area contributed by atoms with Gasteiger partial charge in [-0.05, 0) is 13.3 Å². The second-order valence-electron chi connectivity index (χ2n) is 1.46. The van der Waals surface area contributed by atoms with Crippen LogP contribution in [0.15, 0.2) is 0 Å². The van der Waals surface area contributed by atoms with Gasteiger partial charge in [0.25, 0.3) is 0 Å². The maximum Gasteiger partial charge on any atom is 0.115 e. The molecule has 0 aromatic heterocycles. The summed E-state index contributed by atoms with van der Waals surface area (Å²) in [6.07, 6.45) is 0.584. The van der Waals surface area contributed by atoms with Crippen molar-refractivity contribution in [3.63, 3.8) is 0 Å². The van der Waals surface area contributed by atoms with E-state index in [-0.39, 0.29) is 12.7 Å². The summed E-state index contributed by atoms with van der Waals surface area (Å²) in [4.78, 5) is 0. The molecule has 7 heavy (non-hydrogen) atoms. The van der Waals surface area contributed by atoms with Crippen LogP contribution in [-0.2, 0) is 4.74 Å². The predicted molar refractivity (Wildman–Crippen MR) is 26.5 cm³/mol. The summed E-state index contributed by atoms with van der Waals surface area (Å²) in [6, 6.07) is 0. The second kappa shape index (κ2) is 4.09. The minimum absolute atomic E-state index is 0.0231. The highest BCUT2D eigenvalue weighted by atomic mass is 16.5.